The summed E-state index contributed by atoms with van der Waals surface area (Å²) in [6.45, 7) is 4.43. The summed E-state index contributed by atoms with van der Waals surface area (Å²) >= 11 is 0. The standard InChI is InChI=1S/C15H23N3O3/c1-10-5-6-18(9-13(10)19)8-11-3-4-14(21-2)12(7-11)15(16)17-20/h3-4,7,10,13,19-20H,5-6,8-9H2,1-2H3,(H2,16,17). The molecule has 1 fully saturated rings. The topological polar surface area (TPSA) is 91.3 Å². The molecule has 21 heavy (non-hydrogen) atoms. The van der Waals surface area contributed by atoms with Crippen molar-refractivity contribution in [1.29, 1.82) is 0 Å². The minimum atomic E-state index is -0.277. The predicted molar refractivity (Wildman–Crippen MR) is 80.6 cm³/mol. The number of piperidine rings is 1. The maximum absolute atomic E-state index is 9.96. The molecule has 0 saturated carbocycles. The molecule has 1 aromatic rings. The summed E-state index contributed by atoms with van der Waals surface area (Å²) in [4.78, 5) is 2.21. The van der Waals surface area contributed by atoms with Gasteiger partial charge < -0.3 is 20.8 Å². The van der Waals surface area contributed by atoms with Gasteiger partial charge in [-0.25, -0.2) is 0 Å². The molecule has 1 heterocycles. The Morgan fingerprint density at radius 3 is 2.90 bits per heavy atom. The molecular formula is C15H23N3O3. The molecule has 2 atom stereocenters. The van der Waals surface area contributed by atoms with Crippen LogP contribution in [0.1, 0.15) is 24.5 Å². The number of oxime groups is 1. The van der Waals surface area contributed by atoms with Crippen molar-refractivity contribution in [2.24, 2.45) is 16.8 Å². The first kappa shape index (κ1) is 15.6. The summed E-state index contributed by atoms with van der Waals surface area (Å²) in [5, 5.41) is 21.8. The van der Waals surface area contributed by atoms with Crippen molar-refractivity contribution in [3.8, 4) is 5.75 Å². The Morgan fingerprint density at radius 2 is 2.29 bits per heavy atom. The van der Waals surface area contributed by atoms with E-state index >= 15 is 0 Å². The van der Waals surface area contributed by atoms with Gasteiger partial charge >= 0.3 is 0 Å². The van der Waals surface area contributed by atoms with E-state index in [9.17, 15) is 5.11 Å². The fourth-order valence-electron chi connectivity index (χ4n) is 2.62. The summed E-state index contributed by atoms with van der Waals surface area (Å²) in [6, 6.07) is 5.63. The van der Waals surface area contributed by atoms with Crippen LogP contribution >= 0.6 is 0 Å². The number of benzene rings is 1. The van der Waals surface area contributed by atoms with Gasteiger partial charge in [0.15, 0.2) is 5.84 Å². The highest BCUT2D eigenvalue weighted by atomic mass is 16.5. The van der Waals surface area contributed by atoms with Gasteiger partial charge in [0.2, 0.25) is 0 Å². The zero-order chi connectivity index (χ0) is 15.4. The van der Waals surface area contributed by atoms with Crippen LogP contribution in [-0.2, 0) is 6.54 Å². The number of β-amino-alcohol motifs (C(OH)–C–C–N with tert-alkyl or cyclic N) is 1. The Bertz CT molecular complexity index is 519. The van der Waals surface area contributed by atoms with Gasteiger partial charge in [-0.15, -0.1) is 0 Å². The lowest BCUT2D eigenvalue weighted by Gasteiger charge is -2.34. The van der Waals surface area contributed by atoms with Gasteiger partial charge in [0.05, 0.1) is 18.8 Å². The maximum Gasteiger partial charge on any atom is 0.173 e. The lowest BCUT2D eigenvalue weighted by Crippen LogP contribution is -2.42. The number of amidine groups is 1. The first-order valence-electron chi connectivity index (χ1n) is 7.10. The highest BCUT2D eigenvalue weighted by Crippen LogP contribution is 2.23. The third-order valence-electron chi connectivity index (χ3n) is 4.06. The van der Waals surface area contributed by atoms with E-state index in [-0.39, 0.29) is 11.9 Å². The van der Waals surface area contributed by atoms with Gasteiger partial charge in [-0.3, -0.25) is 4.90 Å². The molecule has 0 bridgehead atoms. The Hall–Kier alpha value is -1.79. The zero-order valence-electron chi connectivity index (χ0n) is 12.5. The molecule has 0 amide bonds. The molecule has 1 aromatic carbocycles. The maximum atomic E-state index is 9.96. The summed E-state index contributed by atoms with van der Waals surface area (Å²) in [6.07, 6.45) is 0.713. The molecule has 6 heteroatoms. The van der Waals surface area contributed by atoms with Crippen molar-refractivity contribution in [2.45, 2.75) is 26.0 Å². The normalized spacial score (nSPS) is 24.0. The zero-order valence-corrected chi connectivity index (χ0v) is 12.5. The second-order valence-corrected chi connectivity index (χ2v) is 5.59. The minimum absolute atomic E-state index is 0.0287. The third kappa shape index (κ3) is 3.65. The molecule has 0 aromatic heterocycles. The average Bonchev–Trinajstić information content (AvgIpc) is 2.50. The molecule has 0 spiro atoms. The summed E-state index contributed by atoms with van der Waals surface area (Å²) in [5.74, 6) is 0.951. The van der Waals surface area contributed by atoms with Crippen LogP contribution in [0.25, 0.3) is 0 Å². The lowest BCUT2D eigenvalue weighted by molar-refractivity contribution is 0.0259. The van der Waals surface area contributed by atoms with Crippen molar-refractivity contribution >= 4 is 5.84 Å². The van der Waals surface area contributed by atoms with Crippen LogP contribution in [-0.4, -0.2) is 47.4 Å². The summed E-state index contributed by atoms with van der Waals surface area (Å²) in [5.41, 5.74) is 7.29. The number of rotatable bonds is 4. The van der Waals surface area contributed by atoms with Crippen LogP contribution in [0.5, 0.6) is 5.75 Å². The van der Waals surface area contributed by atoms with Crippen LogP contribution in [0.3, 0.4) is 0 Å². The molecule has 0 aliphatic carbocycles. The lowest BCUT2D eigenvalue weighted by atomic mass is 9.95. The minimum Gasteiger partial charge on any atom is -0.496 e. The molecule has 0 radical (unpaired) electrons. The second kappa shape index (κ2) is 6.78. The van der Waals surface area contributed by atoms with Gasteiger partial charge in [0, 0.05) is 13.1 Å². The highest BCUT2D eigenvalue weighted by molar-refractivity contribution is 5.99. The molecule has 4 N–H and O–H groups in total. The molecule has 116 valence electrons. The first-order valence-corrected chi connectivity index (χ1v) is 7.10. The van der Waals surface area contributed by atoms with Crippen LogP contribution < -0.4 is 10.5 Å². The second-order valence-electron chi connectivity index (χ2n) is 5.59. The van der Waals surface area contributed by atoms with E-state index in [1.54, 1.807) is 7.11 Å². The Balaban J connectivity index is 2.14. The van der Waals surface area contributed by atoms with Gasteiger partial charge in [-0.1, -0.05) is 18.1 Å². The van der Waals surface area contributed by atoms with Crippen LogP contribution in [0.2, 0.25) is 0 Å². The first-order chi connectivity index (χ1) is 10.0. The predicted octanol–water partition coefficient (Wildman–Crippen LogP) is 0.992. The largest absolute Gasteiger partial charge is 0.496 e. The Labute approximate surface area is 124 Å². The van der Waals surface area contributed by atoms with E-state index in [0.717, 1.165) is 25.1 Å². The number of hydrogen-bond donors (Lipinski definition) is 3. The van der Waals surface area contributed by atoms with E-state index in [0.29, 0.717) is 23.8 Å². The van der Waals surface area contributed by atoms with Gasteiger partial charge in [-0.2, -0.15) is 0 Å². The Morgan fingerprint density at radius 1 is 1.52 bits per heavy atom. The van der Waals surface area contributed by atoms with E-state index in [4.69, 9.17) is 15.7 Å². The highest BCUT2D eigenvalue weighted by Gasteiger charge is 2.24. The van der Waals surface area contributed by atoms with E-state index in [2.05, 4.69) is 17.0 Å². The van der Waals surface area contributed by atoms with E-state index in [1.165, 1.54) is 0 Å². The summed E-state index contributed by atoms with van der Waals surface area (Å²) < 4.78 is 5.22. The van der Waals surface area contributed by atoms with Gasteiger partial charge in [0.1, 0.15) is 5.75 Å². The van der Waals surface area contributed by atoms with Crippen molar-refractivity contribution in [3.05, 3.63) is 29.3 Å². The number of aliphatic hydroxyl groups is 1. The van der Waals surface area contributed by atoms with Crippen molar-refractivity contribution in [2.75, 3.05) is 20.2 Å². The fourth-order valence-corrected chi connectivity index (χ4v) is 2.62. The quantitative estimate of drug-likeness (QED) is 0.333. The SMILES string of the molecule is COc1ccc(CN2CCC(C)C(O)C2)cc1/C(N)=N/O. The smallest absolute Gasteiger partial charge is 0.173 e. The van der Waals surface area contributed by atoms with Crippen molar-refractivity contribution in [3.63, 3.8) is 0 Å². The van der Waals surface area contributed by atoms with Crippen LogP contribution in [0.4, 0.5) is 0 Å². The Kier molecular flexibility index (Phi) is 5.03. The molecular weight excluding hydrogens is 270 g/mol. The molecule has 1 aliphatic heterocycles. The van der Waals surface area contributed by atoms with Crippen LogP contribution in [0.15, 0.2) is 23.4 Å². The number of nitrogens with zero attached hydrogens (tertiary/aromatic N) is 2. The van der Waals surface area contributed by atoms with E-state index in [1.807, 2.05) is 18.2 Å². The summed E-state index contributed by atoms with van der Waals surface area (Å²) in [7, 11) is 1.55. The van der Waals surface area contributed by atoms with E-state index < -0.39 is 0 Å². The van der Waals surface area contributed by atoms with Crippen LogP contribution in [0, 0.1) is 5.92 Å². The third-order valence-corrected chi connectivity index (χ3v) is 4.06. The molecule has 1 saturated heterocycles. The van der Waals surface area contributed by atoms with Gasteiger partial charge in [0.25, 0.3) is 0 Å². The molecule has 2 unspecified atom stereocenters. The van der Waals surface area contributed by atoms with Crippen molar-refractivity contribution in [1.82, 2.24) is 4.90 Å². The number of methoxy groups -OCH3 is 1. The number of likely N-dealkylation sites (tertiary alicyclic amines) is 1. The molecule has 2 rings (SSSR count). The van der Waals surface area contributed by atoms with Crippen molar-refractivity contribution < 1.29 is 15.1 Å². The fraction of sp³-hybridized carbons (Fsp3) is 0.533. The number of aliphatic hydroxyl groups excluding tert-OH is 1. The number of ether oxygens (including phenoxy) is 1. The average molecular weight is 293 g/mol. The molecule has 1 aliphatic rings. The monoisotopic (exact) mass is 293 g/mol. The molecule has 6 nitrogen and oxygen atoms in total. The van der Waals surface area contributed by atoms with Gasteiger partial charge in [-0.05, 0) is 36.6 Å². The number of hydrogen-bond acceptors (Lipinski definition) is 5. The number of nitrogens with two attached hydrogens (primary N) is 1.